The number of hydrogen-bond donors (Lipinski definition) is 1. The first kappa shape index (κ1) is 34.5. The van der Waals surface area contributed by atoms with Gasteiger partial charge in [-0.1, -0.05) is 150 Å². The van der Waals surface area contributed by atoms with Gasteiger partial charge in [0.2, 0.25) is 0 Å². The number of aromatic hydroxyl groups is 1. The Bertz CT molecular complexity index is 731. The summed E-state index contributed by atoms with van der Waals surface area (Å²) in [6.45, 7) is 15.6. The quantitative estimate of drug-likeness (QED) is 0.135. The highest BCUT2D eigenvalue weighted by atomic mass is 16.5. The van der Waals surface area contributed by atoms with Crippen LogP contribution in [0.1, 0.15) is 174 Å². The van der Waals surface area contributed by atoms with Gasteiger partial charge in [0, 0.05) is 6.42 Å². The zero-order chi connectivity index (χ0) is 28.4. The molecule has 0 aliphatic heterocycles. The number of unbranched alkanes of at least 4 members (excludes halogenated alkanes) is 14. The summed E-state index contributed by atoms with van der Waals surface area (Å²) in [5, 5.41) is 10.9. The van der Waals surface area contributed by atoms with Crippen LogP contribution in [0, 0.1) is 0 Å². The van der Waals surface area contributed by atoms with E-state index in [0.717, 1.165) is 36.8 Å². The number of ether oxygens (including phenoxy) is 1. The first-order valence-electron chi connectivity index (χ1n) is 16.0. The molecule has 0 unspecified atom stereocenters. The van der Waals surface area contributed by atoms with Crippen LogP contribution in [0.25, 0.3) is 0 Å². The predicted molar refractivity (Wildman–Crippen MR) is 164 cm³/mol. The molecule has 0 saturated heterocycles. The van der Waals surface area contributed by atoms with Gasteiger partial charge in [-0.25, -0.2) is 0 Å². The van der Waals surface area contributed by atoms with E-state index in [4.69, 9.17) is 4.74 Å². The third-order valence-electron chi connectivity index (χ3n) is 7.64. The number of phenolic OH excluding ortho intramolecular Hbond substituents is 1. The van der Waals surface area contributed by atoms with Crippen molar-refractivity contribution < 1.29 is 14.6 Å². The normalized spacial score (nSPS) is 12.2. The minimum Gasteiger partial charge on any atom is -0.507 e. The van der Waals surface area contributed by atoms with Gasteiger partial charge in [-0.3, -0.25) is 4.79 Å². The second-order valence-corrected chi connectivity index (χ2v) is 13.6. The fourth-order valence-electron chi connectivity index (χ4n) is 5.16. The highest BCUT2D eigenvalue weighted by molar-refractivity contribution is 5.69. The third kappa shape index (κ3) is 15.2. The minimum atomic E-state index is -0.125. The van der Waals surface area contributed by atoms with E-state index in [1.165, 1.54) is 89.0 Å². The van der Waals surface area contributed by atoms with E-state index in [1.54, 1.807) is 0 Å². The molecule has 38 heavy (non-hydrogen) atoms. The molecule has 0 amide bonds. The van der Waals surface area contributed by atoms with Crippen molar-refractivity contribution in [3.63, 3.8) is 0 Å². The van der Waals surface area contributed by atoms with E-state index in [-0.39, 0.29) is 16.8 Å². The molecule has 0 bridgehead atoms. The Kier molecular flexibility index (Phi) is 17.0. The van der Waals surface area contributed by atoms with Gasteiger partial charge < -0.3 is 9.84 Å². The molecule has 0 saturated carbocycles. The first-order valence-corrected chi connectivity index (χ1v) is 16.0. The lowest BCUT2D eigenvalue weighted by Crippen LogP contribution is -2.18. The van der Waals surface area contributed by atoms with Crippen LogP contribution in [0.3, 0.4) is 0 Å². The lowest BCUT2D eigenvalue weighted by atomic mass is 9.78. The van der Waals surface area contributed by atoms with Crippen LogP contribution in [0.4, 0.5) is 0 Å². The number of hydrogen-bond acceptors (Lipinski definition) is 3. The van der Waals surface area contributed by atoms with Gasteiger partial charge in [0.1, 0.15) is 5.75 Å². The molecule has 1 N–H and O–H groups in total. The van der Waals surface area contributed by atoms with E-state index >= 15 is 0 Å². The second kappa shape index (κ2) is 18.7. The van der Waals surface area contributed by atoms with Crippen molar-refractivity contribution in [2.45, 2.75) is 175 Å². The molecule has 1 aromatic rings. The molecule has 220 valence electrons. The van der Waals surface area contributed by atoms with Crippen molar-refractivity contribution in [2.24, 2.45) is 0 Å². The van der Waals surface area contributed by atoms with E-state index in [0.29, 0.717) is 18.8 Å². The Morgan fingerprint density at radius 2 is 1.05 bits per heavy atom. The number of phenols is 1. The Labute approximate surface area is 236 Å². The maximum atomic E-state index is 12.1. The Balaban J connectivity index is 2.13. The van der Waals surface area contributed by atoms with E-state index < -0.39 is 0 Å². The SMILES string of the molecule is CCCCCCCCCCCCCCCCCC(=O)OCCCc1cc(C(C)(C)C)c(O)c(C(C)(C)C)c1. The van der Waals surface area contributed by atoms with E-state index in [9.17, 15) is 9.90 Å². The molecule has 3 heteroatoms. The molecule has 3 nitrogen and oxygen atoms in total. The summed E-state index contributed by atoms with van der Waals surface area (Å²) in [4.78, 5) is 12.1. The summed E-state index contributed by atoms with van der Waals surface area (Å²) >= 11 is 0. The lowest BCUT2D eigenvalue weighted by Gasteiger charge is -2.28. The van der Waals surface area contributed by atoms with Crippen molar-refractivity contribution in [1.82, 2.24) is 0 Å². The number of carbonyl (C=O) groups excluding carboxylic acids is 1. The number of benzene rings is 1. The topological polar surface area (TPSA) is 46.5 Å². The summed E-state index contributed by atoms with van der Waals surface area (Å²) in [6, 6.07) is 4.25. The zero-order valence-corrected chi connectivity index (χ0v) is 26.4. The Morgan fingerprint density at radius 3 is 1.45 bits per heavy atom. The standard InChI is InChI=1S/C35H62O3/c1-8-9-10-11-12-13-14-15-16-17-18-19-20-21-22-25-32(36)38-26-23-24-29-27-30(34(2,3)4)33(37)31(28-29)35(5,6)7/h27-28,37H,8-26H2,1-7H3. The van der Waals surface area contributed by atoms with Gasteiger partial charge >= 0.3 is 5.97 Å². The Hall–Kier alpha value is -1.51. The predicted octanol–water partition coefficient (Wildman–Crippen LogP) is 10.7. The average Bonchev–Trinajstić information content (AvgIpc) is 2.83. The lowest BCUT2D eigenvalue weighted by molar-refractivity contribution is -0.143. The molecule has 0 heterocycles. The second-order valence-electron chi connectivity index (χ2n) is 13.6. The summed E-state index contributed by atoms with van der Waals surface area (Å²) in [5.41, 5.74) is 2.94. The largest absolute Gasteiger partial charge is 0.507 e. The molecular weight excluding hydrogens is 468 g/mol. The Morgan fingerprint density at radius 1 is 0.658 bits per heavy atom. The molecule has 0 atom stereocenters. The molecule has 0 aliphatic rings. The maximum Gasteiger partial charge on any atom is 0.305 e. The number of rotatable bonds is 20. The molecule has 0 aromatic heterocycles. The van der Waals surface area contributed by atoms with Crippen LogP contribution in [0.2, 0.25) is 0 Å². The summed E-state index contributed by atoms with van der Waals surface area (Å²) in [7, 11) is 0. The molecule has 1 rings (SSSR count). The van der Waals surface area contributed by atoms with Crippen LogP contribution in [-0.2, 0) is 26.8 Å². The first-order chi connectivity index (χ1) is 18.0. The third-order valence-corrected chi connectivity index (χ3v) is 7.64. The molecule has 0 fully saturated rings. The highest BCUT2D eigenvalue weighted by Gasteiger charge is 2.26. The van der Waals surface area contributed by atoms with Crippen molar-refractivity contribution in [3.8, 4) is 5.75 Å². The molecule has 1 aromatic carbocycles. The summed E-state index contributed by atoms with van der Waals surface area (Å²) in [6.07, 6.45) is 22.2. The van der Waals surface area contributed by atoms with Crippen LogP contribution < -0.4 is 0 Å². The van der Waals surface area contributed by atoms with Gasteiger partial charge in [-0.05, 0) is 46.8 Å². The van der Waals surface area contributed by atoms with Crippen LogP contribution in [0.5, 0.6) is 5.75 Å². The highest BCUT2D eigenvalue weighted by Crippen LogP contribution is 2.40. The summed E-state index contributed by atoms with van der Waals surface area (Å²) in [5.74, 6) is 0.361. The van der Waals surface area contributed by atoms with Gasteiger partial charge in [-0.2, -0.15) is 0 Å². The van der Waals surface area contributed by atoms with Crippen LogP contribution in [-0.4, -0.2) is 17.7 Å². The van der Waals surface area contributed by atoms with Crippen molar-refractivity contribution in [3.05, 3.63) is 28.8 Å². The van der Waals surface area contributed by atoms with Crippen molar-refractivity contribution in [2.75, 3.05) is 6.61 Å². The average molecular weight is 531 g/mol. The van der Waals surface area contributed by atoms with Crippen molar-refractivity contribution in [1.29, 1.82) is 0 Å². The van der Waals surface area contributed by atoms with Crippen molar-refractivity contribution >= 4 is 5.97 Å². The zero-order valence-electron chi connectivity index (χ0n) is 26.4. The maximum absolute atomic E-state index is 12.1. The van der Waals surface area contributed by atoms with Crippen LogP contribution >= 0.6 is 0 Å². The molecule has 0 radical (unpaired) electrons. The molecule has 0 aliphatic carbocycles. The number of carbonyl (C=O) groups is 1. The monoisotopic (exact) mass is 530 g/mol. The fourth-order valence-corrected chi connectivity index (χ4v) is 5.16. The number of aryl methyl sites for hydroxylation is 1. The van der Waals surface area contributed by atoms with Gasteiger partial charge in [0.25, 0.3) is 0 Å². The smallest absolute Gasteiger partial charge is 0.305 e. The van der Waals surface area contributed by atoms with Gasteiger partial charge in [-0.15, -0.1) is 0 Å². The van der Waals surface area contributed by atoms with E-state index in [1.807, 2.05) is 0 Å². The fraction of sp³-hybridized carbons (Fsp3) is 0.800. The van der Waals surface area contributed by atoms with Gasteiger partial charge in [0.15, 0.2) is 0 Å². The van der Waals surface area contributed by atoms with E-state index in [2.05, 4.69) is 60.6 Å². The number of esters is 1. The minimum absolute atomic E-state index is 0.0591. The summed E-state index contributed by atoms with van der Waals surface area (Å²) < 4.78 is 5.51. The van der Waals surface area contributed by atoms with Gasteiger partial charge in [0.05, 0.1) is 6.61 Å². The van der Waals surface area contributed by atoms with Crippen LogP contribution in [0.15, 0.2) is 12.1 Å². The molecular formula is C35H62O3. The molecule has 0 spiro atoms.